The summed E-state index contributed by atoms with van der Waals surface area (Å²) >= 11 is 6.00. The predicted octanol–water partition coefficient (Wildman–Crippen LogP) is 6.04. The maximum Gasteiger partial charge on any atom is 0.340 e. The molecular formula is C23H17ClO5. The molecule has 0 saturated carbocycles. The molecule has 1 heterocycles. The van der Waals surface area contributed by atoms with Crippen LogP contribution in [0.4, 0.5) is 0 Å². The lowest BCUT2D eigenvalue weighted by atomic mass is 10.1. The average molecular weight is 409 g/mol. The smallest absolute Gasteiger partial charge is 0.340 e. The van der Waals surface area contributed by atoms with E-state index >= 15 is 0 Å². The SMILES string of the molecule is COc1ccc(-c2oc3ccc(OCc4cccc(Cl)c4)cc3c2C(=O)O)cc1. The molecule has 0 fully saturated rings. The van der Waals surface area contributed by atoms with Crippen molar-refractivity contribution in [2.75, 3.05) is 7.11 Å². The van der Waals surface area contributed by atoms with Crippen LogP contribution in [0.2, 0.25) is 5.02 Å². The predicted molar refractivity (Wildman–Crippen MR) is 111 cm³/mol. The maximum absolute atomic E-state index is 12.0. The molecule has 3 aromatic carbocycles. The highest BCUT2D eigenvalue weighted by atomic mass is 35.5. The molecule has 0 unspecified atom stereocenters. The molecule has 0 aliphatic carbocycles. The number of ether oxygens (including phenoxy) is 2. The number of rotatable bonds is 6. The fraction of sp³-hybridized carbons (Fsp3) is 0.0870. The summed E-state index contributed by atoms with van der Waals surface area (Å²) < 4.78 is 16.8. The van der Waals surface area contributed by atoms with Crippen LogP contribution in [0.1, 0.15) is 15.9 Å². The summed E-state index contributed by atoms with van der Waals surface area (Å²) in [7, 11) is 1.57. The van der Waals surface area contributed by atoms with Crippen LogP contribution in [0, 0.1) is 0 Å². The molecule has 146 valence electrons. The molecule has 0 atom stereocenters. The lowest BCUT2D eigenvalue weighted by Gasteiger charge is -2.06. The van der Waals surface area contributed by atoms with Crippen molar-refractivity contribution in [2.24, 2.45) is 0 Å². The quantitative estimate of drug-likeness (QED) is 0.421. The topological polar surface area (TPSA) is 68.9 Å². The molecule has 1 N–H and O–H groups in total. The molecule has 1 aromatic heterocycles. The molecule has 4 aromatic rings. The Kier molecular flexibility index (Phi) is 5.14. The van der Waals surface area contributed by atoms with Crippen LogP contribution in [-0.2, 0) is 6.61 Å². The molecule has 5 nitrogen and oxygen atoms in total. The Morgan fingerprint density at radius 2 is 1.79 bits per heavy atom. The van der Waals surface area contributed by atoms with Gasteiger partial charge in [0.05, 0.1) is 7.11 Å². The zero-order chi connectivity index (χ0) is 20.4. The van der Waals surface area contributed by atoms with Crippen molar-refractivity contribution in [3.8, 4) is 22.8 Å². The number of furan rings is 1. The van der Waals surface area contributed by atoms with E-state index in [2.05, 4.69) is 0 Å². The van der Waals surface area contributed by atoms with Crippen LogP contribution in [0.25, 0.3) is 22.3 Å². The van der Waals surface area contributed by atoms with Crippen LogP contribution in [0.15, 0.2) is 71.1 Å². The largest absolute Gasteiger partial charge is 0.497 e. The minimum atomic E-state index is -1.07. The Hall–Kier alpha value is -3.44. The molecule has 6 heteroatoms. The normalized spacial score (nSPS) is 10.8. The van der Waals surface area contributed by atoms with Gasteiger partial charge in [-0.05, 0) is 60.2 Å². The standard InChI is InChI=1S/C23H17ClO5/c1-27-17-7-5-15(6-8-17)22-21(23(25)26)19-12-18(9-10-20(19)29-22)28-13-14-3-2-4-16(24)11-14/h2-12H,13H2,1H3,(H,25,26). The summed E-state index contributed by atoms with van der Waals surface area (Å²) in [4.78, 5) is 12.0. The van der Waals surface area contributed by atoms with Crippen molar-refractivity contribution in [1.29, 1.82) is 0 Å². The monoisotopic (exact) mass is 408 g/mol. The molecule has 0 spiro atoms. The number of carbonyl (C=O) groups is 1. The van der Waals surface area contributed by atoms with Crippen LogP contribution in [0.3, 0.4) is 0 Å². The van der Waals surface area contributed by atoms with Crippen LogP contribution in [0.5, 0.6) is 11.5 Å². The van der Waals surface area contributed by atoms with E-state index < -0.39 is 5.97 Å². The van der Waals surface area contributed by atoms with Gasteiger partial charge in [-0.15, -0.1) is 0 Å². The zero-order valence-corrected chi connectivity index (χ0v) is 16.3. The lowest BCUT2D eigenvalue weighted by Crippen LogP contribution is -1.98. The van der Waals surface area contributed by atoms with E-state index in [1.54, 1.807) is 55.6 Å². The first-order valence-electron chi connectivity index (χ1n) is 8.86. The van der Waals surface area contributed by atoms with E-state index in [0.717, 1.165) is 5.56 Å². The van der Waals surface area contributed by atoms with E-state index in [1.807, 2.05) is 18.2 Å². The summed E-state index contributed by atoms with van der Waals surface area (Å²) in [6.07, 6.45) is 0. The van der Waals surface area contributed by atoms with Crippen molar-refractivity contribution in [1.82, 2.24) is 0 Å². The van der Waals surface area contributed by atoms with E-state index in [0.29, 0.717) is 45.4 Å². The maximum atomic E-state index is 12.0. The molecule has 0 radical (unpaired) electrons. The minimum Gasteiger partial charge on any atom is -0.497 e. The molecule has 29 heavy (non-hydrogen) atoms. The molecule has 0 saturated heterocycles. The van der Waals surface area contributed by atoms with Gasteiger partial charge in [-0.2, -0.15) is 0 Å². The molecule has 0 aliphatic rings. The average Bonchev–Trinajstić information content (AvgIpc) is 3.11. The molecule has 0 amide bonds. The number of carboxylic acid groups (broad SMARTS) is 1. The minimum absolute atomic E-state index is 0.0957. The summed E-state index contributed by atoms with van der Waals surface area (Å²) in [6, 6.07) is 19.6. The van der Waals surface area contributed by atoms with Gasteiger partial charge in [0.15, 0.2) is 0 Å². The molecule has 0 aliphatic heterocycles. The van der Waals surface area contributed by atoms with Gasteiger partial charge in [0.2, 0.25) is 0 Å². The summed E-state index contributed by atoms with van der Waals surface area (Å²) in [5, 5.41) is 10.9. The van der Waals surface area contributed by atoms with E-state index in [9.17, 15) is 9.90 Å². The van der Waals surface area contributed by atoms with Gasteiger partial charge >= 0.3 is 5.97 Å². The lowest BCUT2D eigenvalue weighted by molar-refractivity contribution is 0.0699. The number of aromatic carboxylic acids is 1. The molecule has 0 bridgehead atoms. The summed E-state index contributed by atoms with van der Waals surface area (Å²) in [5.74, 6) is 0.448. The van der Waals surface area contributed by atoms with Crippen molar-refractivity contribution in [2.45, 2.75) is 6.61 Å². The molecule has 4 rings (SSSR count). The first-order chi connectivity index (χ1) is 14.0. The first-order valence-corrected chi connectivity index (χ1v) is 9.24. The van der Waals surface area contributed by atoms with Gasteiger partial charge in [0, 0.05) is 16.0 Å². The number of halogens is 1. The number of hydrogen-bond donors (Lipinski definition) is 1. The molecular weight excluding hydrogens is 392 g/mol. The van der Waals surface area contributed by atoms with E-state index in [-0.39, 0.29) is 5.56 Å². The third-order valence-corrected chi connectivity index (χ3v) is 4.76. The Morgan fingerprint density at radius 1 is 1.03 bits per heavy atom. The second-order valence-corrected chi connectivity index (χ2v) is 6.85. The highest BCUT2D eigenvalue weighted by Gasteiger charge is 2.22. The van der Waals surface area contributed by atoms with Crippen molar-refractivity contribution in [3.05, 3.63) is 82.9 Å². The Labute approximate surface area is 172 Å². The van der Waals surface area contributed by atoms with Gasteiger partial charge in [-0.1, -0.05) is 23.7 Å². The van der Waals surface area contributed by atoms with Gasteiger partial charge in [0.1, 0.15) is 35.0 Å². The Bertz CT molecular complexity index is 1180. The van der Waals surface area contributed by atoms with Gasteiger partial charge in [0.25, 0.3) is 0 Å². The summed E-state index contributed by atoms with van der Waals surface area (Å²) in [6.45, 7) is 0.317. The number of carboxylic acids is 1. The highest BCUT2D eigenvalue weighted by molar-refractivity contribution is 6.30. The second-order valence-electron chi connectivity index (χ2n) is 6.42. The highest BCUT2D eigenvalue weighted by Crippen LogP contribution is 2.36. The van der Waals surface area contributed by atoms with Crippen LogP contribution >= 0.6 is 11.6 Å². The first kappa shape index (κ1) is 18.9. The van der Waals surface area contributed by atoms with E-state index in [1.165, 1.54) is 0 Å². The zero-order valence-electron chi connectivity index (χ0n) is 15.5. The Balaban J connectivity index is 1.70. The third-order valence-electron chi connectivity index (χ3n) is 4.52. The number of hydrogen-bond acceptors (Lipinski definition) is 4. The van der Waals surface area contributed by atoms with Crippen molar-refractivity contribution >= 4 is 28.5 Å². The van der Waals surface area contributed by atoms with Crippen LogP contribution < -0.4 is 9.47 Å². The van der Waals surface area contributed by atoms with Crippen LogP contribution in [-0.4, -0.2) is 18.2 Å². The van der Waals surface area contributed by atoms with Gasteiger partial charge < -0.3 is 19.0 Å². The number of methoxy groups -OCH3 is 1. The van der Waals surface area contributed by atoms with E-state index in [4.69, 9.17) is 25.5 Å². The third kappa shape index (κ3) is 3.91. The number of fused-ring (bicyclic) bond motifs is 1. The summed E-state index contributed by atoms with van der Waals surface area (Å²) in [5.41, 5.74) is 2.14. The van der Waals surface area contributed by atoms with Crippen molar-refractivity contribution < 1.29 is 23.8 Å². The van der Waals surface area contributed by atoms with Gasteiger partial charge in [-0.25, -0.2) is 4.79 Å². The number of benzene rings is 3. The fourth-order valence-electron chi connectivity index (χ4n) is 3.12. The second kappa shape index (κ2) is 7.89. The van der Waals surface area contributed by atoms with Gasteiger partial charge in [-0.3, -0.25) is 0 Å². The fourth-order valence-corrected chi connectivity index (χ4v) is 3.33. The van der Waals surface area contributed by atoms with Crippen molar-refractivity contribution in [3.63, 3.8) is 0 Å². The Morgan fingerprint density at radius 3 is 2.48 bits per heavy atom.